The molecule has 3 atom stereocenters. The van der Waals surface area contributed by atoms with Gasteiger partial charge in [0.25, 0.3) is 5.91 Å². The Morgan fingerprint density at radius 1 is 1.31 bits per heavy atom. The number of amides is 1. The van der Waals surface area contributed by atoms with Crippen LogP contribution in [0, 0.1) is 0 Å². The first-order valence-corrected chi connectivity index (χ1v) is 11.3. The number of aliphatic hydroxyl groups is 1. The highest BCUT2D eigenvalue weighted by atomic mass is 19.4. The number of likely N-dealkylation sites (tertiary alicyclic amines) is 1. The van der Waals surface area contributed by atoms with E-state index in [9.17, 15) is 23.1 Å². The maximum absolute atomic E-state index is 13.2. The fourth-order valence-corrected chi connectivity index (χ4v) is 5.19. The lowest BCUT2D eigenvalue weighted by Gasteiger charge is -2.63. The quantitative estimate of drug-likeness (QED) is 0.568. The number of nitrogens with one attached hydrogen (secondary N) is 1. The minimum Gasteiger partial charge on any atom is -0.484 e. The molecule has 3 aliphatic heterocycles. The van der Waals surface area contributed by atoms with Gasteiger partial charge in [0.1, 0.15) is 16.9 Å². The van der Waals surface area contributed by atoms with Gasteiger partial charge in [-0.05, 0) is 19.1 Å². The third-order valence-electron chi connectivity index (χ3n) is 7.02. The van der Waals surface area contributed by atoms with Gasteiger partial charge in [0, 0.05) is 49.6 Å². The van der Waals surface area contributed by atoms with Crippen molar-refractivity contribution in [1.82, 2.24) is 19.5 Å². The fraction of sp³-hybridized carbons (Fsp3) is 0.435. The van der Waals surface area contributed by atoms with E-state index in [2.05, 4.69) is 15.4 Å². The number of benzene rings is 1. The molecule has 5 heterocycles. The molecule has 0 bridgehead atoms. The SMILES string of the molecule is C[C@]1(CO)Cc2cc(NC(=O)c3cnn4cccnc34)c(N3CC4C3CN4CC(F)(F)F)cc2O1. The summed E-state index contributed by atoms with van der Waals surface area (Å²) < 4.78 is 46.0. The third-order valence-corrected chi connectivity index (χ3v) is 7.02. The van der Waals surface area contributed by atoms with Crippen molar-refractivity contribution in [1.29, 1.82) is 0 Å². The number of hydrogen-bond donors (Lipinski definition) is 2. The molecule has 3 aromatic rings. The lowest BCUT2D eigenvalue weighted by atomic mass is 9.84. The highest BCUT2D eigenvalue weighted by Crippen LogP contribution is 2.46. The van der Waals surface area contributed by atoms with Crippen molar-refractivity contribution >= 4 is 22.9 Å². The third kappa shape index (κ3) is 3.67. The molecule has 184 valence electrons. The van der Waals surface area contributed by atoms with E-state index in [0.717, 1.165) is 5.56 Å². The van der Waals surface area contributed by atoms with Gasteiger partial charge in [0.2, 0.25) is 0 Å². The lowest BCUT2D eigenvalue weighted by Crippen LogP contribution is -2.79. The van der Waals surface area contributed by atoms with Gasteiger partial charge in [-0.1, -0.05) is 0 Å². The van der Waals surface area contributed by atoms with Crippen LogP contribution in [-0.2, 0) is 6.42 Å². The first-order chi connectivity index (χ1) is 16.6. The summed E-state index contributed by atoms with van der Waals surface area (Å²) in [6.07, 6.45) is 0.938. The number of carbonyl (C=O) groups is 1. The van der Waals surface area contributed by atoms with Crippen LogP contribution in [0.25, 0.3) is 5.65 Å². The summed E-state index contributed by atoms with van der Waals surface area (Å²) in [5.41, 5.74) is 1.98. The van der Waals surface area contributed by atoms with Crippen molar-refractivity contribution in [3.05, 3.63) is 47.9 Å². The number of rotatable bonds is 5. The Hall–Kier alpha value is -3.38. The number of alkyl halides is 3. The molecule has 3 aliphatic rings. The van der Waals surface area contributed by atoms with E-state index in [0.29, 0.717) is 47.8 Å². The zero-order valence-corrected chi connectivity index (χ0v) is 18.8. The van der Waals surface area contributed by atoms with Gasteiger partial charge in [-0.2, -0.15) is 18.3 Å². The minimum atomic E-state index is -4.23. The highest BCUT2D eigenvalue weighted by molar-refractivity contribution is 6.09. The number of carbonyl (C=O) groups excluding carboxylic acids is 1. The summed E-state index contributed by atoms with van der Waals surface area (Å²) in [5.74, 6) is 0.204. The Balaban J connectivity index is 1.30. The molecule has 35 heavy (non-hydrogen) atoms. The fourth-order valence-electron chi connectivity index (χ4n) is 5.19. The number of nitrogens with zero attached hydrogens (tertiary/aromatic N) is 5. The first-order valence-electron chi connectivity index (χ1n) is 11.3. The Morgan fingerprint density at radius 3 is 2.86 bits per heavy atom. The van der Waals surface area contributed by atoms with Crippen molar-refractivity contribution in [2.75, 3.05) is 36.5 Å². The lowest BCUT2D eigenvalue weighted by molar-refractivity contribution is -0.170. The van der Waals surface area contributed by atoms with E-state index in [1.54, 1.807) is 25.4 Å². The van der Waals surface area contributed by atoms with Crippen molar-refractivity contribution in [2.24, 2.45) is 0 Å². The van der Waals surface area contributed by atoms with E-state index in [1.807, 2.05) is 17.0 Å². The van der Waals surface area contributed by atoms with E-state index in [1.165, 1.54) is 15.6 Å². The van der Waals surface area contributed by atoms with Crippen molar-refractivity contribution < 1.29 is 27.8 Å². The number of ether oxygens (including phenoxy) is 1. The average molecular weight is 488 g/mol. The van der Waals surface area contributed by atoms with Crippen LogP contribution < -0.4 is 15.0 Å². The van der Waals surface area contributed by atoms with Gasteiger partial charge in [-0.25, -0.2) is 9.50 Å². The Morgan fingerprint density at radius 2 is 2.14 bits per heavy atom. The van der Waals surface area contributed by atoms with Crippen LogP contribution >= 0.6 is 0 Å². The van der Waals surface area contributed by atoms with Gasteiger partial charge in [0.15, 0.2) is 5.65 Å². The Labute approximate surface area is 198 Å². The second kappa shape index (κ2) is 7.56. The number of aromatic nitrogens is 3. The predicted molar refractivity (Wildman–Crippen MR) is 120 cm³/mol. The average Bonchev–Trinajstić information content (AvgIpc) is 3.36. The molecule has 2 N–H and O–H groups in total. The topological polar surface area (TPSA) is 95.2 Å². The molecule has 2 unspecified atom stereocenters. The molecule has 2 saturated heterocycles. The van der Waals surface area contributed by atoms with Crippen LogP contribution in [0.3, 0.4) is 0 Å². The highest BCUT2D eigenvalue weighted by Gasteiger charge is 2.54. The molecular weight excluding hydrogens is 465 g/mol. The molecule has 9 nitrogen and oxygen atoms in total. The summed E-state index contributed by atoms with van der Waals surface area (Å²) in [7, 11) is 0. The smallest absolute Gasteiger partial charge is 0.401 e. The number of anilines is 2. The van der Waals surface area contributed by atoms with Crippen molar-refractivity contribution in [3.63, 3.8) is 0 Å². The molecule has 0 saturated carbocycles. The normalized spacial score (nSPS) is 25.5. The van der Waals surface area contributed by atoms with E-state index < -0.39 is 24.2 Å². The summed E-state index contributed by atoms with van der Waals surface area (Å²) >= 11 is 0. The van der Waals surface area contributed by atoms with Gasteiger partial charge in [-0.3, -0.25) is 9.69 Å². The molecule has 1 aromatic carbocycles. The van der Waals surface area contributed by atoms with Crippen molar-refractivity contribution in [3.8, 4) is 5.75 Å². The van der Waals surface area contributed by atoms with Gasteiger partial charge >= 0.3 is 6.18 Å². The van der Waals surface area contributed by atoms with Gasteiger partial charge < -0.3 is 20.1 Å². The summed E-state index contributed by atoms with van der Waals surface area (Å²) in [5, 5.41) is 16.9. The predicted octanol–water partition coefficient (Wildman–Crippen LogP) is 2.10. The second-order valence-corrected chi connectivity index (χ2v) is 9.60. The van der Waals surface area contributed by atoms with E-state index in [-0.39, 0.29) is 18.7 Å². The van der Waals surface area contributed by atoms with Gasteiger partial charge in [0.05, 0.1) is 36.8 Å². The molecule has 0 spiro atoms. The van der Waals surface area contributed by atoms with Crippen LogP contribution in [0.2, 0.25) is 0 Å². The maximum Gasteiger partial charge on any atom is 0.401 e. The van der Waals surface area contributed by atoms with Crippen LogP contribution in [0.5, 0.6) is 5.75 Å². The molecule has 12 heteroatoms. The Kier molecular flexibility index (Phi) is 4.77. The molecule has 0 aliphatic carbocycles. The standard InChI is InChI=1S/C23H23F3N6O3/c1-22(12-33)7-13-5-15(29-21(34)14-8-28-32-4-2-3-27-20(14)32)16(6-19(13)35-22)31-10-17-18(31)9-30(17)11-23(24,25)26/h2-6,8,17-18,33H,7,9-12H2,1H3,(H,29,34)/t17?,18?,22-/m1/s1. The molecule has 1 amide bonds. The molecule has 6 rings (SSSR count). The van der Waals surface area contributed by atoms with Crippen LogP contribution in [0.1, 0.15) is 22.8 Å². The molecule has 0 radical (unpaired) electrons. The number of hydrogen-bond acceptors (Lipinski definition) is 7. The monoisotopic (exact) mass is 488 g/mol. The second-order valence-electron chi connectivity index (χ2n) is 9.60. The van der Waals surface area contributed by atoms with Gasteiger partial charge in [-0.15, -0.1) is 0 Å². The number of piperazine rings is 1. The van der Waals surface area contributed by atoms with E-state index in [4.69, 9.17) is 4.74 Å². The zero-order chi connectivity index (χ0) is 24.5. The van der Waals surface area contributed by atoms with Crippen LogP contribution in [0.4, 0.5) is 24.5 Å². The van der Waals surface area contributed by atoms with E-state index >= 15 is 0 Å². The van der Waals surface area contributed by atoms with Crippen molar-refractivity contribution in [2.45, 2.75) is 37.2 Å². The summed E-state index contributed by atoms with van der Waals surface area (Å²) in [6.45, 7) is 1.42. The maximum atomic E-state index is 13.2. The van der Waals surface area contributed by atoms with Crippen LogP contribution in [-0.4, -0.2) is 80.6 Å². The minimum absolute atomic E-state index is 0.0738. The molecule has 2 fully saturated rings. The summed E-state index contributed by atoms with van der Waals surface area (Å²) in [6, 6.07) is 5.08. The zero-order valence-electron chi connectivity index (χ0n) is 18.8. The largest absolute Gasteiger partial charge is 0.484 e. The van der Waals surface area contributed by atoms with Crippen LogP contribution in [0.15, 0.2) is 36.8 Å². The molecular formula is C23H23F3N6O3. The number of fused-ring (bicyclic) bond motifs is 3. The molecule has 2 aromatic heterocycles. The number of halogens is 3. The summed E-state index contributed by atoms with van der Waals surface area (Å²) in [4.78, 5) is 20.9. The number of aliphatic hydroxyl groups excluding tert-OH is 1. The first kappa shape index (κ1) is 22.1. The Bertz CT molecular complexity index is 1330.